The van der Waals surface area contributed by atoms with Crippen LogP contribution in [0.2, 0.25) is 0 Å². The highest BCUT2D eigenvalue weighted by molar-refractivity contribution is 7.89. The van der Waals surface area contributed by atoms with Gasteiger partial charge in [0.25, 0.3) is 0 Å². The lowest BCUT2D eigenvalue weighted by atomic mass is 9.97. The molecule has 0 spiro atoms. The molecule has 1 aliphatic rings. The molecule has 0 radical (unpaired) electrons. The van der Waals surface area contributed by atoms with Gasteiger partial charge in [0, 0.05) is 25.8 Å². The van der Waals surface area contributed by atoms with E-state index < -0.39 is 10.0 Å². The summed E-state index contributed by atoms with van der Waals surface area (Å²) in [6.07, 6.45) is 3.73. The number of piperidine rings is 1. The molecule has 0 aliphatic carbocycles. The molecule has 6 heteroatoms. The Morgan fingerprint density at radius 1 is 1.12 bits per heavy atom. The van der Waals surface area contributed by atoms with E-state index in [2.05, 4.69) is 28.5 Å². The van der Waals surface area contributed by atoms with E-state index in [0.717, 1.165) is 37.3 Å². The van der Waals surface area contributed by atoms with E-state index in [1.807, 2.05) is 30.3 Å². The Hall–Kier alpha value is -1.92. The minimum Gasteiger partial charge on any atom is -0.357 e. The highest BCUT2D eigenvalue weighted by Gasteiger charge is 2.22. The molecule has 0 amide bonds. The molecule has 1 saturated heterocycles. The largest absolute Gasteiger partial charge is 0.357 e. The molecule has 1 aliphatic heterocycles. The number of rotatable bonds is 6. The van der Waals surface area contributed by atoms with Gasteiger partial charge in [-0.25, -0.2) is 18.1 Å². The summed E-state index contributed by atoms with van der Waals surface area (Å²) in [7, 11) is -3.44. The van der Waals surface area contributed by atoms with Crippen LogP contribution in [0, 0.1) is 5.92 Å². The predicted octanol–water partition coefficient (Wildman–Crippen LogP) is 3.40. The molecule has 1 aromatic heterocycles. The maximum absolute atomic E-state index is 12.5. The zero-order valence-electron chi connectivity index (χ0n) is 15.4. The molecule has 1 N–H and O–H groups in total. The zero-order chi connectivity index (χ0) is 18.6. The Morgan fingerprint density at radius 2 is 1.81 bits per heavy atom. The molecule has 0 bridgehead atoms. The molecule has 0 atom stereocenters. The Labute approximate surface area is 156 Å². The number of anilines is 1. The van der Waals surface area contributed by atoms with Crippen LogP contribution >= 0.6 is 0 Å². The number of benzene rings is 1. The van der Waals surface area contributed by atoms with E-state index in [1.165, 1.54) is 0 Å². The number of nitrogens with one attached hydrogen (secondary N) is 1. The second kappa shape index (κ2) is 8.18. The van der Waals surface area contributed by atoms with Gasteiger partial charge in [-0.2, -0.15) is 0 Å². The van der Waals surface area contributed by atoms with Gasteiger partial charge in [0.15, 0.2) is 0 Å². The SMILES string of the molecule is CC(C)c1ccc(S(=O)(=O)NCC2CCN(c3ccccn3)CC2)cc1. The molecule has 140 valence electrons. The van der Waals surface area contributed by atoms with Crippen LogP contribution in [0.1, 0.15) is 38.2 Å². The van der Waals surface area contributed by atoms with Gasteiger partial charge in [0.05, 0.1) is 4.90 Å². The Kier molecular flexibility index (Phi) is 5.94. The topological polar surface area (TPSA) is 62.3 Å². The summed E-state index contributed by atoms with van der Waals surface area (Å²) in [4.78, 5) is 6.99. The number of aromatic nitrogens is 1. The first-order chi connectivity index (χ1) is 12.5. The minimum atomic E-state index is -3.44. The maximum Gasteiger partial charge on any atom is 0.240 e. The van der Waals surface area contributed by atoms with Crippen LogP contribution in [0.5, 0.6) is 0 Å². The second-order valence-corrected chi connectivity index (χ2v) is 8.96. The summed E-state index contributed by atoms with van der Waals surface area (Å²) < 4.78 is 27.8. The van der Waals surface area contributed by atoms with Gasteiger partial charge >= 0.3 is 0 Å². The third kappa shape index (κ3) is 4.62. The summed E-state index contributed by atoms with van der Waals surface area (Å²) in [5.41, 5.74) is 1.14. The number of hydrogen-bond donors (Lipinski definition) is 1. The third-order valence-electron chi connectivity index (χ3n) is 5.01. The molecule has 0 saturated carbocycles. The molecule has 1 aromatic carbocycles. The van der Waals surface area contributed by atoms with Crippen LogP contribution in [0.4, 0.5) is 5.82 Å². The highest BCUT2D eigenvalue weighted by Crippen LogP contribution is 2.22. The normalized spacial score (nSPS) is 16.2. The Morgan fingerprint density at radius 3 is 2.38 bits per heavy atom. The maximum atomic E-state index is 12.5. The number of hydrogen-bond acceptors (Lipinski definition) is 4. The summed E-state index contributed by atoms with van der Waals surface area (Å²) >= 11 is 0. The zero-order valence-corrected chi connectivity index (χ0v) is 16.2. The van der Waals surface area contributed by atoms with E-state index in [0.29, 0.717) is 23.3 Å². The average molecular weight is 374 g/mol. The molecule has 2 heterocycles. The van der Waals surface area contributed by atoms with E-state index >= 15 is 0 Å². The predicted molar refractivity (Wildman–Crippen MR) is 105 cm³/mol. The summed E-state index contributed by atoms with van der Waals surface area (Å²) in [5, 5.41) is 0. The van der Waals surface area contributed by atoms with Crippen molar-refractivity contribution in [1.29, 1.82) is 0 Å². The molecule has 3 rings (SSSR count). The van der Waals surface area contributed by atoms with E-state index in [4.69, 9.17) is 0 Å². The highest BCUT2D eigenvalue weighted by atomic mass is 32.2. The van der Waals surface area contributed by atoms with Gasteiger partial charge in [0.1, 0.15) is 5.82 Å². The summed E-state index contributed by atoms with van der Waals surface area (Å²) in [5.74, 6) is 1.75. The van der Waals surface area contributed by atoms with Crippen molar-refractivity contribution in [2.45, 2.75) is 37.5 Å². The standard InChI is InChI=1S/C20H27N3O2S/c1-16(2)18-6-8-19(9-7-18)26(24,25)22-15-17-10-13-23(14-11-17)20-5-3-4-12-21-20/h3-9,12,16-17,22H,10-11,13-15H2,1-2H3. The fourth-order valence-corrected chi connectivity index (χ4v) is 4.37. The van der Waals surface area contributed by atoms with E-state index in [-0.39, 0.29) is 0 Å². The monoisotopic (exact) mass is 373 g/mol. The fraction of sp³-hybridized carbons (Fsp3) is 0.450. The molecule has 0 unspecified atom stereocenters. The van der Waals surface area contributed by atoms with Gasteiger partial charge in [-0.05, 0) is 54.5 Å². The Balaban J connectivity index is 1.52. The van der Waals surface area contributed by atoms with Crippen molar-refractivity contribution in [1.82, 2.24) is 9.71 Å². The van der Waals surface area contributed by atoms with Crippen molar-refractivity contribution in [3.05, 3.63) is 54.2 Å². The van der Waals surface area contributed by atoms with Crippen molar-refractivity contribution in [3.63, 3.8) is 0 Å². The van der Waals surface area contributed by atoms with Crippen LogP contribution in [0.25, 0.3) is 0 Å². The molecular weight excluding hydrogens is 346 g/mol. The molecular formula is C20H27N3O2S. The first kappa shape index (κ1) is 18.9. The van der Waals surface area contributed by atoms with Crippen molar-refractivity contribution < 1.29 is 8.42 Å². The van der Waals surface area contributed by atoms with Crippen LogP contribution < -0.4 is 9.62 Å². The first-order valence-electron chi connectivity index (χ1n) is 9.21. The molecule has 5 nitrogen and oxygen atoms in total. The molecule has 26 heavy (non-hydrogen) atoms. The van der Waals surface area contributed by atoms with Crippen molar-refractivity contribution >= 4 is 15.8 Å². The van der Waals surface area contributed by atoms with Crippen molar-refractivity contribution in [2.24, 2.45) is 5.92 Å². The second-order valence-electron chi connectivity index (χ2n) is 7.19. The number of pyridine rings is 1. The number of sulfonamides is 1. The molecule has 1 fully saturated rings. The van der Waals surface area contributed by atoms with Crippen LogP contribution in [-0.4, -0.2) is 33.0 Å². The number of nitrogens with zero attached hydrogens (tertiary/aromatic N) is 2. The van der Waals surface area contributed by atoms with Crippen molar-refractivity contribution in [2.75, 3.05) is 24.5 Å². The van der Waals surface area contributed by atoms with Crippen LogP contribution in [-0.2, 0) is 10.0 Å². The van der Waals surface area contributed by atoms with Gasteiger partial charge < -0.3 is 4.90 Å². The van der Waals surface area contributed by atoms with Gasteiger partial charge in [-0.15, -0.1) is 0 Å². The lowest BCUT2D eigenvalue weighted by Gasteiger charge is -2.32. The minimum absolute atomic E-state index is 0.341. The quantitative estimate of drug-likeness (QED) is 0.843. The smallest absolute Gasteiger partial charge is 0.240 e. The van der Waals surface area contributed by atoms with Gasteiger partial charge in [0.2, 0.25) is 10.0 Å². The third-order valence-corrected chi connectivity index (χ3v) is 6.45. The summed E-state index contributed by atoms with van der Waals surface area (Å²) in [6, 6.07) is 13.1. The van der Waals surface area contributed by atoms with Crippen LogP contribution in [0.3, 0.4) is 0 Å². The van der Waals surface area contributed by atoms with Crippen LogP contribution in [0.15, 0.2) is 53.6 Å². The van der Waals surface area contributed by atoms with E-state index in [1.54, 1.807) is 18.3 Å². The Bertz CT molecular complexity index is 797. The van der Waals surface area contributed by atoms with Gasteiger partial charge in [-0.1, -0.05) is 32.0 Å². The summed E-state index contributed by atoms with van der Waals surface area (Å²) in [6.45, 7) is 6.50. The van der Waals surface area contributed by atoms with Gasteiger partial charge in [-0.3, -0.25) is 0 Å². The first-order valence-corrected chi connectivity index (χ1v) is 10.7. The fourth-order valence-electron chi connectivity index (χ4n) is 3.25. The average Bonchev–Trinajstić information content (AvgIpc) is 2.67. The lowest BCUT2D eigenvalue weighted by molar-refractivity contribution is 0.400. The van der Waals surface area contributed by atoms with E-state index in [9.17, 15) is 8.42 Å². The molecule has 2 aromatic rings. The lowest BCUT2D eigenvalue weighted by Crippen LogP contribution is -2.39. The van der Waals surface area contributed by atoms with Crippen molar-refractivity contribution in [3.8, 4) is 0 Å².